The van der Waals surface area contributed by atoms with Gasteiger partial charge in [-0.1, -0.05) is 26.0 Å². The molecule has 94 valence electrons. The Morgan fingerprint density at radius 3 is 2.53 bits per heavy atom. The van der Waals surface area contributed by atoms with Crippen molar-refractivity contribution < 1.29 is 4.79 Å². The summed E-state index contributed by atoms with van der Waals surface area (Å²) in [5, 5.41) is 2.93. The monoisotopic (exact) mass is 234 g/mol. The zero-order chi connectivity index (χ0) is 12.7. The van der Waals surface area contributed by atoms with Gasteiger partial charge in [-0.05, 0) is 36.5 Å². The number of hydrogen-bond donors (Lipinski definition) is 2. The molecule has 3 heteroatoms. The molecule has 17 heavy (non-hydrogen) atoms. The molecule has 1 aromatic rings. The van der Waals surface area contributed by atoms with Crippen molar-refractivity contribution in [2.24, 2.45) is 5.92 Å². The molecular weight excluding hydrogens is 212 g/mol. The zero-order valence-electron chi connectivity index (χ0n) is 10.7. The Kier molecular flexibility index (Phi) is 5.53. The lowest BCUT2D eigenvalue weighted by Gasteiger charge is -2.07. The van der Waals surface area contributed by atoms with Gasteiger partial charge in [0.1, 0.15) is 0 Å². The molecule has 1 aromatic carbocycles. The number of nitrogens with one attached hydrogen (secondary N) is 1. The van der Waals surface area contributed by atoms with Crippen LogP contribution in [0.1, 0.15) is 32.3 Å². The second-order valence-corrected chi connectivity index (χ2v) is 4.77. The molecule has 3 nitrogen and oxygen atoms in total. The highest BCUT2D eigenvalue weighted by Gasteiger charge is 2.02. The third-order valence-corrected chi connectivity index (χ3v) is 2.66. The number of anilines is 1. The highest BCUT2D eigenvalue weighted by molar-refractivity contribution is 5.76. The maximum absolute atomic E-state index is 11.5. The third kappa shape index (κ3) is 5.95. The van der Waals surface area contributed by atoms with Crippen LogP contribution in [0.3, 0.4) is 0 Å². The van der Waals surface area contributed by atoms with E-state index in [1.54, 1.807) is 0 Å². The number of amides is 1. The van der Waals surface area contributed by atoms with Gasteiger partial charge < -0.3 is 11.1 Å². The van der Waals surface area contributed by atoms with Crippen LogP contribution in [0.4, 0.5) is 5.69 Å². The number of benzene rings is 1. The number of carbonyl (C=O) groups is 1. The highest BCUT2D eigenvalue weighted by Crippen LogP contribution is 2.07. The SMILES string of the molecule is CC(C)CCNC(=O)CCc1ccc(N)cc1. The molecule has 0 radical (unpaired) electrons. The van der Waals surface area contributed by atoms with Gasteiger partial charge in [-0.25, -0.2) is 0 Å². The molecule has 0 fully saturated rings. The fraction of sp³-hybridized carbons (Fsp3) is 0.500. The Balaban J connectivity index is 2.21. The molecule has 0 aliphatic heterocycles. The molecule has 0 saturated carbocycles. The predicted molar refractivity (Wildman–Crippen MR) is 71.6 cm³/mol. The topological polar surface area (TPSA) is 55.1 Å². The first-order valence-electron chi connectivity index (χ1n) is 6.19. The van der Waals surface area contributed by atoms with Gasteiger partial charge in [0.05, 0.1) is 0 Å². The van der Waals surface area contributed by atoms with Crippen molar-refractivity contribution in [2.45, 2.75) is 33.1 Å². The molecule has 1 rings (SSSR count). The van der Waals surface area contributed by atoms with Crippen molar-refractivity contribution in [3.8, 4) is 0 Å². The quantitative estimate of drug-likeness (QED) is 0.742. The lowest BCUT2D eigenvalue weighted by atomic mass is 10.1. The lowest BCUT2D eigenvalue weighted by Crippen LogP contribution is -2.25. The van der Waals surface area contributed by atoms with Gasteiger partial charge in [-0.15, -0.1) is 0 Å². The van der Waals surface area contributed by atoms with Crippen molar-refractivity contribution >= 4 is 11.6 Å². The van der Waals surface area contributed by atoms with Crippen LogP contribution in [-0.2, 0) is 11.2 Å². The molecule has 1 amide bonds. The minimum atomic E-state index is 0.127. The summed E-state index contributed by atoms with van der Waals surface area (Å²) in [6, 6.07) is 7.67. The van der Waals surface area contributed by atoms with Gasteiger partial charge >= 0.3 is 0 Å². The summed E-state index contributed by atoms with van der Waals surface area (Å²) in [4.78, 5) is 11.5. The molecule has 0 aliphatic carbocycles. The fourth-order valence-electron chi connectivity index (χ4n) is 1.53. The van der Waals surface area contributed by atoms with Crippen molar-refractivity contribution in [3.05, 3.63) is 29.8 Å². The predicted octanol–water partition coefficient (Wildman–Crippen LogP) is 2.36. The van der Waals surface area contributed by atoms with Crippen LogP contribution < -0.4 is 11.1 Å². The first-order valence-corrected chi connectivity index (χ1v) is 6.19. The number of rotatable bonds is 6. The first-order chi connectivity index (χ1) is 8.08. The second-order valence-electron chi connectivity index (χ2n) is 4.77. The number of nitrogen functional groups attached to an aromatic ring is 1. The minimum Gasteiger partial charge on any atom is -0.399 e. The van der Waals surface area contributed by atoms with Gasteiger partial charge in [0.25, 0.3) is 0 Å². The van der Waals surface area contributed by atoms with E-state index < -0.39 is 0 Å². The van der Waals surface area contributed by atoms with Crippen LogP contribution in [0.5, 0.6) is 0 Å². The Morgan fingerprint density at radius 2 is 1.94 bits per heavy atom. The standard InChI is InChI=1S/C14H22N2O/c1-11(2)9-10-16-14(17)8-5-12-3-6-13(15)7-4-12/h3-4,6-7,11H,5,8-10,15H2,1-2H3,(H,16,17). The average Bonchev–Trinajstić information content (AvgIpc) is 2.28. The summed E-state index contributed by atoms with van der Waals surface area (Å²) in [5.41, 5.74) is 7.51. The van der Waals surface area contributed by atoms with Crippen LogP contribution in [-0.4, -0.2) is 12.5 Å². The maximum Gasteiger partial charge on any atom is 0.220 e. The Labute approximate surface area is 103 Å². The Hall–Kier alpha value is -1.51. The first kappa shape index (κ1) is 13.6. The Bertz CT molecular complexity index is 344. The smallest absolute Gasteiger partial charge is 0.220 e. The summed E-state index contributed by atoms with van der Waals surface area (Å²) >= 11 is 0. The van der Waals surface area contributed by atoms with Crippen molar-refractivity contribution in [2.75, 3.05) is 12.3 Å². The third-order valence-electron chi connectivity index (χ3n) is 2.66. The van der Waals surface area contributed by atoms with Crippen molar-refractivity contribution in [1.29, 1.82) is 0 Å². The molecule has 0 unspecified atom stereocenters. The molecule has 0 saturated heterocycles. The summed E-state index contributed by atoms with van der Waals surface area (Å²) in [6.45, 7) is 5.08. The molecular formula is C14H22N2O. The van der Waals surface area contributed by atoms with E-state index in [0.717, 1.165) is 30.6 Å². The van der Waals surface area contributed by atoms with Gasteiger partial charge in [-0.2, -0.15) is 0 Å². The van der Waals surface area contributed by atoms with Gasteiger partial charge in [-0.3, -0.25) is 4.79 Å². The van der Waals surface area contributed by atoms with Crippen LogP contribution >= 0.6 is 0 Å². The van der Waals surface area contributed by atoms with Crippen LogP contribution in [0.2, 0.25) is 0 Å². The van der Waals surface area contributed by atoms with E-state index >= 15 is 0 Å². The second kappa shape index (κ2) is 6.94. The summed E-state index contributed by atoms with van der Waals surface area (Å²) < 4.78 is 0. The summed E-state index contributed by atoms with van der Waals surface area (Å²) in [5.74, 6) is 0.759. The van der Waals surface area contributed by atoms with E-state index in [4.69, 9.17) is 5.73 Å². The normalized spacial score (nSPS) is 10.5. The minimum absolute atomic E-state index is 0.127. The maximum atomic E-state index is 11.5. The van der Waals surface area contributed by atoms with E-state index in [0.29, 0.717) is 12.3 Å². The van der Waals surface area contributed by atoms with Gasteiger partial charge in [0, 0.05) is 18.7 Å². The van der Waals surface area contributed by atoms with Crippen molar-refractivity contribution in [3.63, 3.8) is 0 Å². The molecule has 0 aromatic heterocycles. The number of carbonyl (C=O) groups excluding carboxylic acids is 1. The van der Waals surface area contributed by atoms with E-state index in [9.17, 15) is 4.79 Å². The van der Waals surface area contributed by atoms with Crippen molar-refractivity contribution in [1.82, 2.24) is 5.32 Å². The van der Waals surface area contributed by atoms with E-state index in [-0.39, 0.29) is 5.91 Å². The number of aryl methyl sites for hydroxylation is 1. The lowest BCUT2D eigenvalue weighted by molar-refractivity contribution is -0.121. The molecule has 3 N–H and O–H groups in total. The van der Waals surface area contributed by atoms with Crippen LogP contribution in [0.15, 0.2) is 24.3 Å². The molecule has 0 bridgehead atoms. The van der Waals surface area contributed by atoms with E-state index in [1.165, 1.54) is 0 Å². The Morgan fingerprint density at radius 1 is 1.29 bits per heavy atom. The molecule has 0 aliphatic rings. The van der Waals surface area contributed by atoms with Gasteiger partial charge in [0.15, 0.2) is 0 Å². The largest absolute Gasteiger partial charge is 0.399 e. The molecule has 0 atom stereocenters. The van der Waals surface area contributed by atoms with E-state index in [2.05, 4.69) is 19.2 Å². The molecule has 0 heterocycles. The fourth-order valence-corrected chi connectivity index (χ4v) is 1.53. The zero-order valence-corrected chi connectivity index (χ0v) is 10.7. The number of hydrogen-bond acceptors (Lipinski definition) is 2. The van der Waals surface area contributed by atoms with Gasteiger partial charge in [0.2, 0.25) is 5.91 Å². The van der Waals surface area contributed by atoms with Crippen LogP contribution in [0.25, 0.3) is 0 Å². The summed E-state index contributed by atoms with van der Waals surface area (Å²) in [6.07, 6.45) is 2.35. The highest BCUT2D eigenvalue weighted by atomic mass is 16.1. The molecule has 0 spiro atoms. The average molecular weight is 234 g/mol. The summed E-state index contributed by atoms with van der Waals surface area (Å²) in [7, 11) is 0. The number of nitrogens with two attached hydrogens (primary N) is 1. The van der Waals surface area contributed by atoms with E-state index in [1.807, 2.05) is 24.3 Å². The van der Waals surface area contributed by atoms with Crippen LogP contribution in [0, 0.1) is 5.92 Å².